The van der Waals surface area contributed by atoms with Gasteiger partial charge in [-0.05, 0) is 6.04 Å². The Kier molecular flexibility index (Phi) is 7.16. The molecule has 6 heteroatoms. The molecule has 3 nitrogen and oxygen atoms in total. The Bertz CT molecular complexity index is 131. The fraction of sp³-hybridized carbons (Fsp3) is 1.00. The molecule has 0 aliphatic carbocycles. The van der Waals surface area contributed by atoms with Crippen molar-refractivity contribution in [3.63, 3.8) is 0 Å². The van der Waals surface area contributed by atoms with E-state index in [9.17, 15) is 0 Å². The van der Waals surface area contributed by atoms with Crippen LogP contribution in [-0.2, 0) is 8.26 Å². The van der Waals surface area contributed by atoms with Gasteiger partial charge in [0.2, 0.25) is 0 Å². The van der Waals surface area contributed by atoms with Gasteiger partial charge in [-0.1, -0.05) is 13.8 Å². The summed E-state index contributed by atoms with van der Waals surface area (Å²) >= 11 is 0. The van der Waals surface area contributed by atoms with Crippen molar-refractivity contribution in [2.45, 2.75) is 19.9 Å². The quantitative estimate of drug-likeness (QED) is 0.586. The van der Waals surface area contributed by atoms with Crippen molar-refractivity contribution < 1.29 is 8.42 Å². The molecule has 9 heavy (non-hydrogen) atoms. The van der Waals surface area contributed by atoms with Crippen LogP contribution in [0, 0.1) is 0 Å². The topological polar surface area (TPSA) is 60.2 Å². The van der Waals surface area contributed by atoms with Gasteiger partial charge >= 0.3 is 8.26 Å². The Labute approximate surface area is 64.1 Å². The van der Waals surface area contributed by atoms with E-state index in [0.717, 1.165) is 0 Å². The van der Waals surface area contributed by atoms with Gasteiger partial charge in [0.25, 0.3) is 0 Å². The first-order valence-electron chi connectivity index (χ1n) is 2.13. The zero-order valence-electron chi connectivity index (χ0n) is 5.14. The minimum Gasteiger partial charge on any atom is -0.328 e. The molecule has 0 unspecified atom stereocenters. The zero-order chi connectivity index (χ0) is 8.08. The van der Waals surface area contributed by atoms with Crippen LogP contribution in [0.3, 0.4) is 0 Å². The number of nitrogens with two attached hydrogens (primary N) is 1. The summed E-state index contributed by atoms with van der Waals surface area (Å²) in [7, 11) is 4.81. The smallest absolute Gasteiger partial charge is 0.317 e. The zero-order valence-corrected chi connectivity index (χ0v) is 7.46. The summed E-state index contributed by atoms with van der Waals surface area (Å²) in [5.74, 6) is 0. The molecule has 0 aliphatic rings. The van der Waals surface area contributed by atoms with Gasteiger partial charge in [-0.3, -0.25) is 0 Å². The molecule has 0 saturated carbocycles. The highest BCUT2D eigenvalue weighted by atomic mass is 36.0. The third kappa shape index (κ3) is 1490. The minimum atomic E-state index is -3.72. The fourth-order valence-corrected chi connectivity index (χ4v) is 0. The van der Waals surface area contributed by atoms with Gasteiger partial charge in [-0.25, -0.2) is 0 Å². The van der Waals surface area contributed by atoms with Gasteiger partial charge in [0.05, 0.1) is 0 Å². The van der Waals surface area contributed by atoms with E-state index in [0.29, 0.717) is 6.04 Å². The van der Waals surface area contributed by atoms with Crippen molar-refractivity contribution in [2.75, 3.05) is 0 Å². The van der Waals surface area contributed by atoms with Crippen molar-refractivity contribution in [1.29, 1.82) is 0 Å². The van der Waals surface area contributed by atoms with Gasteiger partial charge < -0.3 is 5.73 Å². The van der Waals surface area contributed by atoms with Crippen LogP contribution in [0.15, 0.2) is 0 Å². The van der Waals surface area contributed by atoms with Gasteiger partial charge in [0.1, 0.15) is 0 Å². The average Bonchev–Trinajstić information content (AvgIpc) is 1.19. The first kappa shape index (κ1) is 12.2. The molecule has 0 amide bonds. The Morgan fingerprint density at radius 2 is 1.33 bits per heavy atom. The summed E-state index contributed by atoms with van der Waals surface area (Å²) < 4.78 is 18.3. The highest BCUT2D eigenvalue weighted by molar-refractivity contribution is 8.31. The van der Waals surface area contributed by atoms with E-state index in [1.165, 1.54) is 0 Å². The van der Waals surface area contributed by atoms with Crippen molar-refractivity contribution in [3.05, 3.63) is 0 Å². The van der Waals surface area contributed by atoms with Gasteiger partial charge in [-0.2, -0.15) is 8.42 Å². The van der Waals surface area contributed by atoms with Crippen LogP contribution < -0.4 is 5.73 Å². The van der Waals surface area contributed by atoms with E-state index < -0.39 is 8.26 Å². The van der Waals surface area contributed by atoms with Crippen LogP contribution in [0.4, 0.5) is 0 Å². The maximum absolute atomic E-state index is 9.16. The molecule has 0 fully saturated rings. The maximum atomic E-state index is 9.16. The van der Waals surface area contributed by atoms with Crippen LogP contribution >= 0.6 is 21.4 Å². The predicted molar refractivity (Wildman–Crippen MR) is 39.9 cm³/mol. The third-order valence-corrected chi connectivity index (χ3v) is 0. The summed E-state index contributed by atoms with van der Waals surface area (Å²) in [6.07, 6.45) is 0. The molecule has 0 bridgehead atoms. The van der Waals surface area contributed by atoms with Gasteiger partial charge in [-0.15, -0.1) is 0 Å². The molecular weight excluding hydrogens is 185 g/mol. The van der Waals surface area contributed by atoms with Gasteiger partial charge in [0.15, 0.2) is 0 Å². The Morgan fingerprint density at radius 3 is 1.33 bits per heavy atom. The monoisotopic (exact) mass is 193 g/mol. The summed E-state index contributed by atoms with van der Waals surface area (Å²) in [4.78, 5) is 0. The highest BCUT2D eigenvalue weighted by Crippen LogP contribution is 1.98. The third-order valence-electron chi connectivity index (χ3n) is 0. The molecule has 0 aromatic rings. The van der Waals surface area contributed by atoms with Crippen molar-refractivity contribution in [2.24, 2.45) is 5.73 Å². The van der Waals surface area contributed by atoms with Crippen molar-refractivity contribution >= 4 is 29.6 Å². The average molecular weight is 194 g/mol. The molecule has 0 atom stereocenters. The molecule has 0 aliphatic heterocycles. The maximum Gasteiger partial charge on any atom is 0.317 e. The first-order valence-corrected chi connectivity index (χ1v) is 5.27. The summed E-state index contributed by atoms with van der Waals surface area (Å²) in [6, 6.07) is 0.333. The molecular formula is C3H9Cl2NO2S. The van der Waals surface area contributed by atoms with Crippen LogP contribution in [0.2, 0.25) is 0 Å². The molecule has 0 rings (SSSR count). The molecule has 0 heterocycles. The number of rotatable bonds is 0. The lowest BCUT2D eigenvalue weighted by Gasteiger charge is -1.81. The first-order chi connectivity index (χ1) is 3.73. The lowest BCUT2D eigenvalue weighted by atomic mass is 10.5. The summed E-state index contributed by atoms with van der Waals surface area (Å²) in [6.45, 7) is 3.89. The molecule has 2 N–H and O–H groups in total. The molecule has 0 spiro atoms. The van der Waals surface area contributed by atoms with Gasteiger partial charge in [0, 0.05) is 21.4 Å². The lowest BCUT2D eigenvalue weighted by Crippen LogP contribution is -2.06. The molecule has 0 radical (unpaired) electrons. The van der Waals surface area contributed by atoms with Crippen LogP contribution in [0.5, 0.6) is 0 Å². The SMILES string of the molecule is CC(C)N.O=S(=O)(Cl)Cl. The van der Waals surface area contributed by atoms with E-state index >= 15 is 0 Å². The van der Waals surface area contributed by atoms with Crippen molar-refractivity contribution in [1.82, 2.24) is 0 Å². The highest BCUT2D eigenvalue weighted by Gasteiger charge is 1.88. The predicted octanol–water partition coefficient (Wildman–Crippen LogP) is 1.06. The lowest BCUT2D eigenvalue weighted by molar-refractivity contribution is 0.621. The second kappa shape index (κ2) is 5.29. The second-order valence-corrected chi connectivity index (χ2v) is 5.29. The fourth-order valence-electron chi connectivity index (χ4n) is 0. The largest absolute Gasteiger partial charge is 0.328 e. The second-order valence-electron chi connectivity index (χ2n) is 1.62. The Hall–Kier alpha value is 0.490. The molecule has 0 aromatic carbocycles. The Morgan fingerprint density at radius 1 is 1.33 bits per heavy atom. The number of hydrogen-bond donors (Lipinski definition) is 1. The van der Waals surface area contributed by atoms with E-state index in [-0.39, 0.29) is 0 Å². The van der Waals surface area contributed by atoms with Crippen molar-refractivity contribution in [3.8, 4) is 0 Å². The van der Waals surface area contributed by atoms with Crippen LogP contribution in [-0.4, -0.2) is 14.5 Å². The van der Waals surface area contributed by atoms with E-state index in [2.05, 4.69) is 21.4 Å². The number of hydrogen-bond acceptors (Lipinski definition) is 3. The van der Waals surface area contributed by atoms with E-state index in [1.54, 1.807) is 0 Å². The van der Waals surface area contributed by atoms with E-state index in [4.69, 9.17) is 14.2 Å². The summed E-state index contributed by atoms with van der Waals surface area (Å²) in [5.41, 5.74) is 5.11. The van der Waals surface area contributed by atoms with Crippen LogP contribution in [0.25, 0.3) is 0 Å². The van der Waals surface area contributed by atoms with E-state index in [1.807, 2.05) is 13.8 Å². The minimum absolute atomic E-state index is 0.333. The Balaban J connectivity index is 0. The van der Waals surface area contributed by atoms with Crippen LogP contribution in [0.1, 0.15) is 13.8 Å². The molecule has 0 saturated heterocycles. The number of halogens is 2. The molecule has 0 aromatic heterocycles. The summed E-state index contributed by atoms with van der Waals surface area (Å²) in [5, 5.41) is 0. The standard InChI is InChI=1S/C3H9N.Cl2O2S/c1-3(2)4;1-5(2,3)4/h3H,4H2,1-2H3;. The molecule has 58 valence electrons. The normalized spacial score (nSPS) is 10.4.